The van der Waals surface area contributed by atoms with Crippen LogP contribution in [0.2, 0.25) is 0 Å². The van der Waals surface area contributed by atoms with Crippen molar-refractivity contribution in [1.82, 2.24) is 9.88 Å². The zero-order valence-electron chi connectivity index (χ0n) is 10.9. The maximum Gasteiger partial charge on any atom is 0.123 e. The summed E-state index contributed by atoms with van der Waals surface area (Å²) in [5, 5.41) is 10.3. The van der Waals surface area contributed by atoms with Crippen LogP contribution in [0, 0.1) is 5.82 Å². The second-order valence-corrected chi connectivity index (χ2v) is 5.27. The summed E-state index contributed by atoms with van der Waals surface area (Å²) in [6, 6.07) is 5.15. The Hall–Kier alpha value is -1.39. The molecule has 3 nitrogen and oxygen atoms in total. The van der Waals surface area contributed by atoms with E-state index >= 15 is 0 Å². The number of H-pyrrole nitrogens is 1. The molecule has 0 bridgehead atoms. The van der Waals surface area contributed by atoms with Crippen LogP contribution in [0.15, 0.2) is 24.4 Å². The number of benzene rings is 1. The first-order chi connectivity index (χ1) is 9.28. The summed E-state index contributed by atoms with van der Waals surface area (Å²) >= 11 is 0. The Morgan fingerprint density at radius 2 is 2.32 bits per heavy atom. The van der Waals surface area contributed by atoms with E-state index in [0.717, 1.165) is 48.8 Å². The van der Waals surface area contributed by atoms with Crippen LogP contribution < -0.4 is 0 Å². The second kappa shape index (κ2) is 5.31. The molecule has 2 heterocycles. The van der Waals surface area contributed by atoms with Crippen molar-refractivity contribution < 1.29 is 9.50 Å². The standard InChI is InChI=1S/C15H19FN2O/c16-12-3-4-15-14(8-12)11(9-17-15)5-7-18-6-1-2-13(18)10-19/h3-4,8-9,13,17,19H,1-2,5-7,10H2. The van der Waals surface area contributed by atoms with Crippen molar-refractivity contribution in [2.45, 2.75) is 25.3 Å². The van der Waals surface area contributed by atoms with Crippen molar-refractivity contribution in [2.75, 3.05) is 19.7 Å². The first-order valence-electron chi connectivity index (χ1n) is 6.88. The Morgan fingerprint density at radius 3 is 3.16 bits per heavy atom. The van der Waals surface area contributed by atoms with Gasteiger partial charge in [-0.25, -0.2) is 4.39 Å². The molecule has 2 N–H and O–H groups in total. The van der Waals surface area contributed by atoms with Gasteiger partial charge in [-0.15, -0.1) is 0 Å². The smallest absolute Gasteiger partial charge is 0.123 e. The number of aliphatic hydroxyl groups is 1. The minimum absolute atomic E-state index is 0.192. The molecular formula is C15H19FN2O. The maximum atomic E-state index is 13.3. The van der Waals surface area contributed by atoms with Crippen LogP contribution in [0.1, 0.15) is 18.4 Å². The summed E-state index contributed by atoms with van der Waals surface area (Å²) in [6.07, 6.45) is 5.10. The molecule has 102 valence electrons. The lowest BCUT2D eigenvalue weighted by Crippen LogP contribution is -2.33. The molecule has 19 heavy (non-hydrogen) atoms. The third kappa shape index (κ3) is 2.51. The fourth-order valence-electron chi connectivity index (χ4n) is 3.02. The van der Waals surface area contributed by atoms with E-state index in [-0.39, 0.29) is 12.4 Å². The number of hydrogen-bond acceptors (Lipinski definition) is 2. The van der Waals surface area contributed by atoms with Gasteiger partial charge >= 0.3 is 0 Å². The quantitative estimate of drug-likeness (QED) is 0.887. The average Bonchev–Trinajstić information content (AvgIpc) is 3.02. The van der Waals surface area contributed by atoms with Crippen molar-refractivity contribution in [2.24, 2.45) is 0 Å². The molecule has 0 aliphatic carbocycles. The third-order valence-electron chi connectivity index (χ3n) is 4.11. The number of halogens is 1. The average molecular weight is 262 g/mol. The van der Waals surface area contributed by atoms with Crippen molar-refractivity contribution in [3.05, 3.63) is 35.8 Å². The lowest BCUT2D eigenvalue weighted by atomic mass is 10.1. The van der Waals surface area contributed by atoms with Crippen molar-refractivity contribution in [3.8, 4) is 0 Å². The van der Waals surface area contributed by atoms with Crippen LogP contribution in [-0.2, 0) is 6.42 Å². The van der Waals surface area contributed by atoms with Crippen molar-refractivity contribution in [3.63, 3.8) is 0 Å². The van der Waals surface area contributed by atoms with Crippen LogP contribution in [0.25, 0.3) is 10.9 Å². The zero-order chi connectivity index (χ0) is 13.2. The number of likely N-dealkylation sites (tertiary alicyclic amines) is 1. The number of hydrogen-bond donors (Lipinski definition) is 2. The van der Waals surface area contributed by atoms with Gasteiger partial charge in [-0.2, -0.15) is 0 Å². The van der Waals surface area contributed by atoms with E-state index in [9.17, 15) is 9.50 Å². The monoisotopic (exact) mass is 262 g/mol. The Labute approximate surface area is 112 Å². The summed E-state index contributed by atoms with van der Waals surface area (Å²) in [7, 11) is 0. The van der Waals surface area contributed by atoms with E-state index in [1.807, 2.05) is 6.20 Å². The number of aromatic nitrogens is 1. The van der Waals surface area contributed by atoms with Crippen LogP contribution >= 0.6 is 0 Å². The first-order valence-corrected chi connectivity index (χ1v) is 6.88. The molecule has 0 radical (unpaired) electrons. The number of rotatable bonds is 4. The SMILES string of the molecule is OCC1CCCN1CCc1c[nH]c2ccc(F)cc12. The number of aromatic amines is 1. The lowest BCUT2D eigenvalue weighted by Gasteiger charge is -2.22. The summed E-state index contributed by atoms with van der Waals surface area (Å²) < 4.78 is 13.3. The molecule has 1 aliphatic rings. The molecular weight excluding hydrogens is 243 g/mol. The first kappa shape index (κ1) is 12.6. The van der Waals surface area contributed by atoms with Crippen LogP contribution in [0.3, 0.4) is 0 Å². The molecule has 0 amide bonds. The molecule has 4 heteroatoms. The summed E-state index contributed by atoms with van der Waals surface area (Å²) in [6.45, 7) is 2.22. The molecule has 1 unspecified atom stereocenters. The number of aliphatic hydroxyl groups excluding tert-OH is 1. The van der Waals surface area contributed by atoms with E-state index in [1.54, 1.807) is 12.1 Å². The number of fused-ring (bicyclic) bond motifs is 1. The lowest BCUT2D eigenvalue weighted by molar-refractivity contribution is 0.160. The molecule has 1 fully saturated rings. The van der Waals surface area contributed by atoms with E-state index in [2.05, 4.69) is 9.88 Å². The van der Waals surface area contributed by atoms with Crippen LogP contribution in [0.5, 0.6) is 0 Å². The largest absolute Gasteiger partial charge is 0.395 e. The van der Waals surface area contributed by atoms with E-state index in [4.69, 9.17) is 0 Å². The highest BCUT2D eigenvalue weighted by Crippen LogP contribution is 2.22. The van der Waals surface area contributed by atoms with Crippen LogP contribution in [-0.4, -0.2) is 40.7 Å². The predicted molar refractivity (Wildman–Crippen MR) is 73.6 cm³/mol. The van der Waals surface area contributed by atoms with Gasteiger partial charge in [0.25, 0.3) is 0 Å². The fourth-order valence-corrected chi connectivity index (χ4v) is 3.02. The van der Waals surface area contributed by atoms with E-state index < -0.39 is 0 Å². The van der Waals surface area contributed by atoms with E-state index in [1.165, 1.54) is 6.07 Å². The molecule has 3 rings (SSSR count). The number of nitrogens with one attached hydrogen (secondary N) is 1. The molecule has 1 aromatic carbocycles. The molecule has 1 atom stereocenters. The normalized spacial score (nSPS) is 20.4. The highest BCUT2D eigenvalue weighted by molar-refractivity contribution is 5.83. The molecule has 1 aliphatic heterocycles. The Morgan fingerprint density at radius 1 is 1.42 bits per heavy atom. The Bertz CT molecular complexity index is 566. The van der Waals surface area contributed by atoms with Gasteiger partial charge in [0.2, 0.25) is 0 Å². The minimum atomic E-state index is -0.192. The molecule has 0 saturated carbocycles. The van der Waals surface area contributed by atoms with Crippen LogP contribution in [0.4, 0.5) is 4.39 Å². The summed E-state index contributed by atoms with van der Waals surface area (Å²) in [5.74, 6) is -0.192. The van der Waals surface area contributed by atoms with E-state index in [0.29, 0.717) is 6.04 Å². The third-order valence-corrected chi connectivity index (χ3v) is 4.11. The summed E-state index contributed by atoms with van der Waals surface area (Å²) in [4.78, 5) is 5.51. The van der Waals surface area contributed by atoms with Crippen molar-refractivity contribution >= 4 is 10.9 Å². The zero-order valence-corrected chi connectivity index (χ0v) is 10.9. The van der Waals surface area contributed by atoms with Gasteiger partial charge in [-0.1, -0.05) is 0 Å². The second-order valence-electron chi connectivity index (χ2n) is 5.27. The van der Waals surface area contributed by atoms with Gasteiger partial charge in [0.05, 0.1) is 6.61 Å². The number of nitrogens with zero attached hydrogens (tertiary/aromatic N) is 1. The predicted octanol–water partition coefficient (Wildman–Crippen LogP) is 2.31. The highest BCUT2D eigenvalue weighted by atomic mass is 19.1. The van der Waals surface area contributed by atoms with Gasteiger partial charge in [0, 0.05) is 29.7 Å². The molecule has 1 saturated heterocycles. The Kier molecular flexibility index (Phi) is 3.53. The molecule has 0 spiro atoms. The van der Waals surface area contributed by atoms with Gasteiger partial charge < -0.3 is 10.1 Å². The van der Waals surface area contributed by atoms with Gasteiger partial charge in [-0.3, -0.25) is 4.90 Å². The molecule has 2 aromatic rings. The van der Waals surface area contributed by atoms with Gasteiger partial charge in [0.15, 0.2) is 0 Å². The fraction of sp³-hybridized carbons (Fsp3) is 0.467. The van der Waals surface area contributed by atoms with Gasteiger partial charge in [0.1, 0.15) is 5.82 Å². The minimum Gasteiger partial charge on any atom is -0.395 e. The maximum absolute atomic E-state index is 13.3. The molecule has 1 aromatic heterocycles. The van der Waals surface area contributed by atoms with Gasteiger partial charge in [-0.05, 0) is 49.6 Å². The van der Waals surface area contributed by atoms with Crippen molar-refractivity contribution in [1.29, 1.82) is 0 Å². The summed E-state index contributed by atoms with van der Waals surface area (Å²) in [5.41, 5.74) is 2.13. The highest BCUT2D eigenvalue weighted by Gasteiger charge is 2.23. The topological polar surface area (TPSA) is 39.3 Å². The Balaban J connectivity index is 1.73.